The van der Waals surface area contributed by atoms with Crippen LogP contribution in [0.25, 0.3) is 10.8 Å². The highest BCUT2D eigenvalue weighted by Crippen LogP contribution is 2.13. The molecule has 25 heavy (non-hydrogen) atoms. The van der Waals surface area contributed by atoms with E-state index in [1.807, 2.05) is 0 Å². The Morgan fingerprint density at radius 3 is 2.44 bits per heavy atom. The molecular weight excluding hydrogens is 323 g/mol. The van der Waals surface area contributed by atoms with Crippen molar-refractivity contribution in [2.75, 3.05) is 0 Å². The van der Waals surface area contributed by atoms with Gasteiger partial charge in [0.1, 0.15) is 5.82 Å². The average Bonchev–Trinajstić information content (AvgIpc) is 2.63. The van der Waals surface area contributed by atoms with E-state index in [1.54, 1.807) is 43.3 Å². The van der Waals surface area contributed by atoms with Gasteiger partial charge in [0.05, 0.1) is 11.1 Å². The largest absolute Gasteiger partial charge is 0.292 e. The number of carbonyl (C=O) groups is 1. The van der Waals surface area contributed by atoms with E-state index in [0.29, 0.717) is 22.0 Å². The summed E-state index contributed by atoms with van der Waals surface area (Å²) in [4.78, 5) is 24.5. The Hall–Kier alpha value is -3.35. The molecule has 0 bridgehead atoms. The first-order valence-corrected chi connectivity index (χ1v) is 7.54. The van der Waals surface area contributed by atoms with Gasteiger partial charge in [0.25, 0.3) is 11.5 Å². The zero-order valence-corrected chi connectivity index (χ0v) is 13.7. The van der Waals surface area contributed by atoms with Gasteiger partial charge in [-0.1, -0.05) is 30.3 Å². The summed E-state index contributed by atoms with van der Waals surface area (Å²) in [5.74, 6) is -0.880. The van der Waals surface area contributed by atoms with E-state index >= 15 is 0 Å². The second-order valence-corrected chi connectivity index (χ2v) is 5.47. The van der Waals surface area contributed by atoms with Crippen LogP contribution in [0.15, 0.2) is 58.4 Å². The molecule has 3 aromatic rings. The van der Waals surface area contributed by atoms with Crippen LogP contribution in [0.5, 0.6) is 0 Å². The summed E-state index contributed by atoms with van der Waals surface area (Å²) in [5, 5.41) is 8.93. The van der Waals surface area contributed by atoms with Crippen LogP contribution in [0.2, 0.25) is 0 Å². The van der Waals surface area contributed by atoms with Crippen LogP contribution in [0.1, 0.15) is 23.0 Å². The molecule has 7 heteroatoms. The molecule has 0 aliphatic carbocycles. The molecule has 0 saturated heterocycles. The molecule has 0 saturated carbocycles. The maximum absolute atomic E-state index is 13.0. The molecule has 1 N–H and O–H groups in total. The van der Waals surface area contributed by atoms with E-state index in [9.17, 15) is 14.0 Å². The minimum Gasteiger partial charge on any atom is -0.267 e. The van der Waals surface area contributed by atoms with Gasteiger partial charge in [0.2, 0.25) is 0 Å². The number of nitrogens with one attached hydrogen (secondary N) is 1. The van der Waals surface area contributed by atoms with Crippen LogP contribution in [0.4, 0.5) is 4.39 Å². The van der Waals surface area contributed by atoms with Crippen LogP contribution in [0.3, 0.4) is 0 Å². The van der Waals surface area contributed by atoms with Crippen LogP contribution in [0, 0.1) is 5.82 Å². The fourth-order valence-electron chi connectivity index (χ4n) is 2.41. The normalized spacial score (nSPS) is 11.6. The molecule has 0 aliphatic rings. The molecule has 0 aliphatic heterocycles. The number of halogens is 1. The highest BCUT2D eigenvalue weighted by Gasteiger charge is 2.15. The standard InChI is InChI=1S/C18H15FN4O2/c1-11(12-7-9-13(19)10-8-12)20-21-17(24)16-14-5-3-4-6-15(14)18(25)23(2)22-16/h3-10H,1-2H3,(H,21,24)/b20-11-. The van der Waals surface area contributed by atoms with Crippen molar-refractivity contribution in [2.24, 2.45) is 12.1 Å². The lowest BCUT2D eigenvalue weighted by atomic mass is 10.1. The van der Waals surface area contributed by atoms with Crippen LogP contribution < -0.4 is 11.0 Å². The number of benzene rings is 2. The Labute approximate surface area is 142 Å². The van der Waals surface area contributed by atoms with E-state index in [0.717, 1.165) is 4.68 Å². The molecular formula is C18H15FN4O2. The van der Waals surface area contributed by atoms with Crippen molar-refractivity contribution in [2.45, 2.75) is 6.92 Å². The second-order valence-electron chi connectivity index (χ2n) is 5.47. The van der Waals surface area contributed by atoms with Crippen LogP contribution in [-0.2, 0) is 7.05 Å². The minimum atomic E-state index is -0.534. The monoisotopic (exact) mass is 338 g/mol. The van der Waals surface area contributed by atoms with Crippen LogP contribution in [-0.4, -0.2) is 21.4 Å². The van der Waals surface area contributed by atoms with E-state index in [-0.39, 0.29) is 17.1 Å². The number of nitrogens with zero attached hydrogens (tertiary/aromatic N) is 3. The first-order chi connectivity index (χ1) is 12.0. The zero-order valence-electron chi connectivity index (χ0n) is 13.7. The molecule has 3 rings (SSSR count). The van der Waals surface area contributed by atoms with E-state index in [1.165, 1.54) is 19.2 Å². The predicted molar refractivity (Wildman–Crippen MR) is 93.1 cm³/mol. The predicted octanol–water partition coefficient (Wildman–Crippen LogP) is 2.23. The number of hydrogen-bond acceptors (Lipinski definition) is 4. The lowest BCUT2D eigenvalue weighted by Crippen LogP contribution is -2.27. The van der Waals surface area contributed by atoms with Crippen molar-refractivity contribution in [3.8, 4) is 0 Å². The fraction of sp³-hybridized carbons (Fsp3) is 0.111. The summed E-state index contributed by atoms with van der Waals surface area (Å²) < 4.78 is 14.1. The molecule has 6 nitrogen and oxygen atoms in total. The van der Waals surface area contributed by atoms with Gasteiger partial charge in [-0.15, -0.1) is 0 Å². The zero-order chi connectivity index (χ0) is 18.0. The Balaban J connectivity index is 1.93. The maximum atomic E-state index is 13.0. The van der Waals surface area contributed by atoms with E-state index < -0.39 is 5.91 Å². The smallest absolute Gasteiger partial charge is 0.267 e. The number of hydrazone groups is 1. The van der Waals surface area contributed by atoms with Gasteiger partial charge in [0.15, 0.2) is 5.69 Å². The quantitative estimate of drug-likeness (QED) is 0.588. The highest BCUT2D eigenvalue weighted by atomic mass is 19.1. The molecule has 0 unspecified atom stereocenters. The SMILES string of the molecule is C/C(=N/NC(=O)c1nn(C)c(=O)c2ccccc12)c1ccc(F)cc1. The van der Waals surface area contributed by atoms with E-state index in [2.05, 4.69) is 15.6 Å². The number of amides is 1. The highest BCUT2D eigenvalue weighted by molar-refractivity contribution is 6.06. The number of aryl methyl sites for hydroxylation is 1. The number of rotatable bonds is 3. The third kappa shape index (κ3) is 3.30. The number of fused-ring (bicyclic) bond motifs is 1. The molecule has 1 amide bonds. The second kappa shape index (κ2) is 6.64. The van der Waals surface area contributed by atoms with Gasteiger partial charge in [-0.3, -0.25) is 9.59 Å². The summed E-state index contributed by atoms with van der Waals surface area (Å²) >= 11 is 0. The number of carbonyl (C=O) groups excluding carboxylic acids is 1. The lowest BCUT2D eigenvalue weighted by molar-refractivity contribution is 0.0949. The third-order valence-electron chi connectivity index (χ3n) is 3.76. The Bertz CT molecular complexity index is 1040. The van der Waals surface area contributed by atoms with Crippen molar-refractivity contribution >= 4 is 22.4 Å². The van der Waals surface area contributed by atoms with Gasteiger partial charge in [-0.2, -0.15) is 10.2 Å². The first-order valence-electron chi connectivity index (χ1n) is 7.54. The molecule has 2 aromatic carbocycles. The van der Waals surface area contributed by atoms with Crippen molar-refractivity contribution in [3.05, 3.63) is 76.0 Å². The lowest BCUT2D eigenvalue weighted by Gasteiger charge is -2.07. The molecule has 1 aromatic heterocycles. The summed E-state index contributed by atoms with van der Waals surface area (Å²) in [6, 6.07) is 12.5. The molecule has 0 radical (unpaired) electrons. The molecule has 126 valence electrons. The van der Waals surface area contributed by atoms with Crippen molar-refractivity contribution in [3.63, 3.8) is 0 Å². The van der Waals surface area contributed by atoms with Crippen molar-refractivity contribution < 1.29 is 9.18 Å². The number of hydrogen-bond donors (Lipinski definition) is 1. The summed E-state index contributed by atoms with van der Waals surface area (Å²) in [7, 11) is 1.48. The average molecular weight is 338 g/mol. The Kier molecular flexibility index (Phi) is 4.38. The topological polar surface area (TPSA) is 76.3 Å². The molecule has 0 atom stereocenters. The van der Waals surface area contributed by atoms with Gasteiger partial charge in [-0.05, 0) is 30.7 Å². The summed E-state index contributed by atoms with van der Waals surface area (Å²) in [6.45, 7) is 1.69. The first kappa shape index (κ1) is 16.5. The van der Waals surface area contributed by atoms with Gasteiger partial charge in [0, 0.05) is 12.4 Å². The molecule has 1 heterocycles. The number of aromatic nitrogens is 2. The van der Waals surface area contributed by atoms with Gasteiger partial charge < -0.3 is 0 Å². The summed E-state index contributed by atoms with van der Waals surface area (Å²) in [6.07, 6.45) is 0. The fourth-order valence-corrected chi connectivity index (χ4v) is 2.41. The minimum absolute atomic E-state index is 0.105. The Morgan fingerprint density at radius 1 is 1.12 bits per heavy atom. The van der Waals surface area contributed by atoms with Crippen molar-refractivity contribution in [1.29, 1.82) is 0 Å². The van der Waals surface area contributed by atoms with Gasteiger partial charge in [-0.25, -0.2) is 14.5 Å². The molecule has 0 spiro atoms. The van der Waals surface area contributed by atoms with Crippen LogP contribution >= 0.6 is 0 Å². The molecule has 0 fully saturated rings. The maximum Gasteiger partial charge on any atom is 0.292 e. The van der Waals surface area contributed by atoms with Crippen molar-refractivity contribution in [1.82, 2.24) is 15.2 Å². The van der Waals surface area contributed by atoms with Gasteiger partial charge >= 0.3 is 0 Å². The summed E-state index contributed by atoms with van der Waals surface area (Å²) in [5.41, 5.74) is 3.45. The van der Waals surface area contributed by atoms with E-state index in [4.69, 9.17) is 0 Å². The third-order valence-corrected chi connectivity index (χ3v) is 3.76. The Morgan fingerprint density at radius 2 is 1.76 bits per heavy atom.